The summed E-state index contributed by atoms with van der Waals surface area (Å²) in [7, 11) is 1.66. The Bertz CT molecular complexity index is 1310. The number of benzene rings is 2. The van der Waals surface area contributed by atoms with Crippen LogP contribution in [0.4, 0.5) is 0 Å². The lowest BCUT2D eigenvalue weighted by molar-refractivity contribution is -0.137. The van der Waals surface area contributed by atoms with Crippen LogP contribution in [-0.4, -0.2) is 58.7 Å². The number of amides is 2. The van der Waals surface area contributed by atoms with Crippen molar-refractivity contribution < 1.29 is 23.8 Å². The molecule has 0 atom stereocenters. The van der Waals surface area contributed by atoms with Crippen molar-refractivity contribution in [1.29, 1.82) is 0 Å². The quantitative estimate of drug-likeness (QED) is 0.358. The largest absolute Gasteiger partial charge is 0.497 e. The van der Waals surface area contributed by atoms with Gasteiger partial charge in [0.15, 0.2) is 11.5 Å². The van der Waals surface area contributed by atoms with Crippen LogP contribution in [0, 0.1) is 5.92 Å². The Hall–Kier alpha value is -3.94. The van der Waals surface area contributed by atoms with Crippen LogP contribution in [0.1, 0.15) is 56.2 Å². The summed E-state index contributed by atoms with van der Waals surface area (Å²) >= 11 is 0. The maximum atomic E-state index is 13.8. The maximum Gasteiger partial charge on any atom is 0.254 e. The van der Waals surface area contributed by atoms with Gasteiger partial charge in [-0.25, -0.2) is 0 Å². The van der Waals surface area contributed by atoms with Crippen molar-refractivity contribution in [3.05, 3.63) is 77.6 Å². The second-order valence-electron chi connectivity index (χ2n) is 11.3. The van der Waals surface area contributed by atoms with E-state index in [4.69, 9.17) is 14.2 Å². The molecule has 2 amide bonds. The normalized spacial score (nSPS) is 12.5. The van der Waals surface area contributed by atoms with E-state index >= 15 is 0 Å². The fourth-order valence-corrected chi connectivity index (χ4v) is 4.70. The third-order valence-corrected chi connectivity index (χ3v) is 6.66. The fourth-order valence-electron chi connectivity index (χ4n) is 4.70. The Balaban J connectivity index is 1.53. The minimum Gasteiger partial charge on any atom is -0.497 e. The van der Waals surface area contributed by atoms with Gasteiger partial charge in [0.2, 0.25) is 12.7 Å². The van der Waals surface area contributed by atoms with E-state index in [1.807, 2.05) is 76.0 Å². The van der Waals surface area contributed by atoms with Crippen LogP contribution in [0.25, 0.3) is 0 Å². The lowest BCUT2D eigenvalue weighted by Gasteiger charge is -2.37. The molecule has 8 heteroatoms. The highest BCUT2D eigenvalue weighted by Gasteiger charge is 2.31. The molecule has 0 saturated carbocycles. The summed E-state index contributed by atoms with van der Waals surface area (Å²) in [6.07, 6.45) is 2.02. The van der Waals surface area contributed by atoms with Gasteiger partial charge in [-0.05, 0) is 74.7 Å². The molecule has 3 aromatic rings. The van der Waals surface area contributed by atoms with Crippen LogP contribution in [0.2, 0.25) is 0 Å². The van der Waals surface area contributed by atoms with Crippen LogP contribution in [0.3, 0.4) is 0 Å². The number of hydrogen-bond donors (Lipinski definition) is 0. The third kappa shape index (κ3) is 6.93. The molecule has 8 nitrogen and oxygen atoms in total. The first-order valence-electron chi connectivity index (χ1n) is 13.3. The van der Waals surface area contributed by atoms with Gasteiger partial charge in [-0.1, -0.05) is 26.0 Å². The van der Waals surface area contributed by atoms with Crippen LogP contribution >= 0.6 is 0 Å². The van der Waals surface area contributed by atoms with Crippen molar-refractivity contribution in [3.63, 3.8) is 0 Å². The zero-order valence-corrected chi connectivity index (χ0v) is 23.8. The first kappa shape index (κ1) is 28.1. The molecule has 1 aliphatic heterocycles. The lowest BCUT2D eigenvalue weighted by Crippen LogP contribution is -2.50. The number of ether oxygens (including phenoxy) is 3. The number of carbonyl (C=O) groups excluding carboxylic acids is 2. The molecule has 4 rings (SSSR count). The molecular formula is C31H39N3O5. The number of carbonyl (C=O) groups is 2. The summed E-state index contributed by atoms with van der Waals surface area (Å²) in [5.74, 6) is 1.86. The average molecular weight is 534 g/mol. The Labute approximate surface area is 231 Å². The predicted octanol–water partition coefficient (Wildman–Crippen LogP) is 5.20. The summed E-state index contributed by atoms with van der Waals surface area (Å²) in [4.78, 5) is 30.9. The van der Waals surface area contributed by atoms with Crippen molar-refractivity contribution in [3.8, 4) is 17.2 Å². The van der Waals surface area contributed by atoms with Gasteiger partial charge >= 0.3 is 0 Å². The predicted molar refractivity (Wildman–Crippen MR) is 150 cm³/mol. The van der Waals surface area contributed by atoms with Gasteiger partial charge in [0.1, 0.15) is 12.3 Å². The molecule has 208 valence electrons. The maximum absolute atomic E-state index is 13.8. The first-order valence-corrected chi connectivity index (χ1v) is 13.3. The van der Waals surface area contributed by atoms with Gasteiger partial charge in [-0.3, -0.25) is 9.59 Å². The monoisotopic (exact) mass is 533 g/mol. The second kappa shape index (κ2) is 11.8. The van der Waals surface area contributed by atoms with Gasteiger partial charge in [0.05, 0.1) is 13.7 Å². The van der Waals surface area contributed by atoms with E-state index in [9.17, 15) is 9.59 Å². The minimum absolute atomic E-state index is 0.0146. The van der Waals surface area contributed by atoms with Crippen molar-refractivity contribution >= 4 is 11.8 Å². The van der Waals surface area contributed by atoms with Gasteiger partial charge in [-0.2, -0.15) is 0 Å². The molecule has 0 unspecified atom stereocenters. The summed E-state index contributed by atoms with van der Waals surface area (Å²) in [6.45, 7) is 11.8. The van der Waals surface area contributed by atoms with Gasteiger partial charge < -0.3 is 28.6 Å². The molecule has 39 heavy (non-hydrogen) atoms. The molecule has 0 radical (unpaired) electrons. The summed E-state index contributed by atoms with van der Waals surface area (Å²) in [5.41, 5.74) is 2.15. The third-order valence-electron chi connectivity index (χ3n) is 6.66. The number of rotatable bonds is 10. The summed E-state index contributed by atoms with van der Waals surface area (Å²) in [5, 5.41) is 0. The topological polar surface area (TPSA) is 73.2 Å². The van der Waals surface area contributed by atoms with E-state index in [0.29, 0.717) is 36.7 Å². The minimum atomic E-state index is -0.451. The number of aromatic nitrogens is 1. The van der Waals surface area contributed by atoms with Gasteiger partial charge in [0, 0.05) is 36.1 Å². The van der Waals surface area contributed by atoms with Gasteiger partial charge in [0.25, 0.3) is 5.91 Å². The number of nitrogens with zero attached hydrogens (tertiary/aromatic N) is 3. The highest BCUT2D eigenvalue weighted by Crippen LogP contribution is 2.33. The fraction of sp³-hybridized carbons (Fsp3) is 0.419. The van der Waals surface area contributed by atoms with E-state index in [1.54, 1.807) is 30.2 Å². The molecule has 0 saturated heterocycles. The Morgan fingerprint density at radius 3 is 2.51 bits per heavy atom. The average Bonchev–Trinajstić information content (AvgIpc) is 3.54. The highest BCUT2D eigenvalue weighted by atomic mass is 16.7. The SMILES string of the molecule is COc1cccc(Cn2cccc2CN(C(=O)CN(CC(C)C)C(=O)c2ccc3c(c2)OCO3)C(C)(C)C)c1. The van der Waals surface area contributed by atoms with Crippen molar-refractivity contribution in [2.75, 3.05) is 27.0 Å². The van der Waals surface area contributed by atoms with E-state index in [2.05, 4.69) is 10.6 Å². The van der Waals surface area contributed by atoms with Crippen LogP contribution in [-0.2, 0) is 17.9 Å². The summed E-state index contributed by atoms with van der Waals surface area (Å²) in [6, 6.07) is 17.2. The second-order valence-corrected chi connectivity index (χ2v) is 11.3. The molecule has 0 fully saturated rings. The van der Waals surface area contributed by atoms with Crippen LogP contribution in [0.5, 0.6) is 17.2 Å². The highest BCUT2D eigenvalue weighted by molar-refractivity contribution is 5.97. The molecule has 2 heterocycles. The molecule has 1 aliphatic rings. The van der Waals surface area contributed by atoms with Crippen molar-refractivity contribution in [2.24, 2.45) is 5.92 Å². The van der Waals surface area contributed by atoms with Crippen molar-refractivity contribution in [2.45, 2.75) is 53.2 Å². The number of methoxy groups -OCH3 is 1. The first-order chi connectivity index (χ1) is 18.5. The molecule has 0 aliphatic carbocycles. The zero-order valence-electron chi connectivity index (χ0n) is 23.8. The van der Waals surface area contributed by atoms with E-state index in [1.165, 1.54) is 0 Å². The Morgan fingerprint density at radius 1 is 1.03 bits per heavy atom. The van der Waals surface area contributed by atoms with Crippen LogP contribution < -0.4 is 14.2 Å². The lowest BCUT2D eigenvalue weighted by atomic mass is 10.0. The zero-order chi connectivity index (χ0) is 28.2. The molecule has 2 aromatic carbocycles. The molecule has 0 N–H and O–H groups in total. The smallest absolute Gasteiger partial charge is 0.254 e. The molecule has 1 aromatic heterocycles. The van der Waals surface area contributed by atoms with E-state index < -0.39 is 5.54 Å². The molecule has 0 spiro atoms. The Morgan fingerprint density at radius 2 is 1.79 bits per heavy atom. The number of fused-ring (bicyclic) bond motifs is 1. The standard InChI is InChI=1S/C31H39N3O5/c1-22(2)17-33(30(36)24-12-13-27-28(16-24)39-21-38-27)20-29(35)34(31(3,4)5)19-25-10-8-14-32(25)18-23-9-7-11-26(15-23)37-6/h7-16,22H,17-21H2,1-6H3. The summed E-state index contributed by atoms with van der Waals surface area (Å²) < 4.78 is 18.4. The number of hydrogen-bond acceptors (Lipinski definition) is 5. The van der Waals surface area contributed by atoms with Crippen molar-refractivity contribution in [1.82, 2.24) is 14.4 Å². The van der Waals surface area contributed by atoms with Crippen LogP contribution in [0.15, 0.2) is 60.8 Å². The Kier molecular flexibility index (Phi) is 8.53. The van der Waals surface area contributed by atoms with E-state index in [-0.39, 0.29) is 31.1 Å². The molecular weight excluding hydrogens is 494 g/mol. The van der Waals surface area contributed by atoms with Gasteiger partial charge in [-0.15, -0.1) is 0 Å². The molecule has 0 bridgehead atoms. The van der Waals surface area contributed by atoms with E-state index in [0.717, 1.165) is 17.0 Å².